The second-order valence-corrected chi connectivity index (χ2v) is 5.30. The van der Waals surface area contributed by atoms with Gasteiger partial charge in [0.15, 0.2) is 5.58 Å². The van der Waals surface area contributed by atoms with E-state index < -0.39 is 17.6 Å². The lowest BCUT2D eigenvalue weighted by Gasteiger charge is -2.05. The molecule has 0 spiro atoms. The summed E-state index contributed by atoms with van der Waals surface area (Å²) in [5.41, 5.74) is 3.04. The van der Waals surface area contributed by atoms with Gasteiger partial charge in [-0.25, -0.2) is 9.59 Å². The first-order chi connectivity index (χ1) is 11.4. The van der Waals surface area contributed by atoms with Gasteiger partial charge in [0.05, 0.1) is 18.2 Å². The van der Waals surface area contributed by atoms with Crippen molar-refractivity contribution < 1.29 is 18.7 Å². The number of nitrogens with one attached hydrogen (secondary N) is 3. The third kappa shape index (κ3) is 2.58. The minimum absolute atomic E-state index is 0.272. The van der Waals surface area contributed by atoms with Gasteiger partial charge in [-0.15, -0.1) is 0 Å². The van der Waals surface area contributed by atoms with E-state index in [4.69, 9.17) is 9.15 Å². The Labute approximate surface area is 135 Å². The van der Waals surface area contributed by atoms with Crippen LogP contribution in [0, 0.1) is 13.8 Å². The Balaban J connectivity index is 1.91. The zero-order valence-electron chi connectivity index (χ0n) is 13.3. The van der Waals surface area contributed by atoms with Crippen LogP contribution < -0.4 is 11.1 Å². The average molecular weight is 329 g/mol. The van der Waals surface area contributed by atoms with E-state index in [0.29, 0.717) is 33.6 Å². The van der Waals surface area contributed by atoms with Crippen molar-refractivity contribution in [3.8, 4) is 0 Å². The van der Waals surface area contributed by atoms with Crippen LogP contribution in [0.5, 0.6) is 0 Å². The first-order valence-electron chi connectivity index (χ1n) is 7.12. The van der Waals surface area contributed by atoms with Crippen molar-refractivity contribution in [3.63, 3.8) is 0 Å². The van der Waals surface area contributed by atoms with Gasteiger partial charge in [0, 0.05) is 11.4 Å². The van der Waals surface area contributed by atoms with Crippen LogP contribution in [0.25, 0.3) is 11.1 Å². The van der Waals surface area contributed by atoms with Gasteiger partial charge >= 0.3 is 11.7 Å². The summed E-state index contributed by atoms with van der Waals surface area (Å²) in [5, 5.41) is 2.71. The number of carbonyl (C=O) groups excluding carboxylic acids is 2. The average Bonchev–Trinajstić information content (AvgIpc) is 3.05. The van der Waals surface area contributed by atoms with E-state index in [0.717, 1.165) is 0 Å². The van der Waals surface area contributed by atoms with Gasteiger partial charge in [0.25, 0.3) is 5.91 Å². The van der Waals surface area contributed by atoms with Crippen molar-refractivity contribution >= 4 is 28.7 Å². The predicted octanol–water partition coefficient (Wildman–Crippen LogP) is 2.10. The molecular weight excluding hydrogens is 314 g/mol. The van der Waals surface area contributed by atoms with E-state index in [2.05, 4.69) is 15.3 Å². The molecule has 1 amide bonds. The summed E-state index contributed by atoms with van der Waals surface area (Å²) in [6, 6.07) is 4.78. The fourth-order valence-electron chi connectivity index (χ4n) is 2.61. The van der Waals surface area contributed by atoms with E-state index in [1.165, 1.54) is 7.11 Å². The summed E-state index contributed by atoms with van der Waals surface area (Å²) < 4.78 is 9.63. The van der Waals surface area contributed by atoms with Crippen LogP contribution in [0.2, 0.25) is 0 Å². The minimum Gasteiger partial charge on any atom is -0.465 e. The van der Waals surface area contributed by atoms with Gasteiger partial charge in [-0.2, -0.15) is 0 Å². The van der Waals surface area contributed by atoms with Crippen LogP contribution in [-0.2, 0) is 4.74 Å². The van der Waals surface area contributed by atoms with E-state index in [-0.39, 0.29) is 5.69 Å². The normalized spacial score (nSPS) is 10.8. The lowest BCUT2D eigenvalue weighted by molar-refractivity contribution is 0.0599. The number of carbonyl (C=O) groups is 2. The molecule has 0 fully saturated rings. The lowest BCUT2D eigenvalue weighted by Crippen LogP contribution is -2.14. The number of hydrogen-bond acceptors (Lipinski definition) is 5. The number of benzene rings is 1. The number of rotatable bonds is 3. The van der Waals surface area contributed by atoms with E-state index >= 15 is 0 Å². The van der Waals surface area contributed by atoms with Gasteiger partial charge in [-0.1, -0.05) is 0 Å². The number of amides is 1. The summed E-state index contributed by atoms with van der Waals surface area (Å²) in [5.74, 6) is -1.47. The second-order valence-electron chi connectivity index (χ2n) is 5.30. The first-order valence-corrected chi connectivity index (χ1v) is 7.12. The molecule has 0 bridgehead atoms. The molecule has 1 aromatic carbocycles. The number of anilines is 1. The molecule has 0 aliphatic carbocycles. The smallest absolute Gasteiger partial charge is 0.417 e. The topological polar surface area (TPSA) is 117 Å². The molecule has 0 atom stereocenters. The van der Waals surface area contributed by atoms with Crippen molar-refractivity contribution in [2.75, 3.05) is 12.4 Å². The van der Waals surface area contributed by atoms with Crippen molar-refractivity contribution in [3.05, 3.63) is 51.3 Å². The number of hydrogen-bond donors (Lipinski definition) is 3. The fourth-order valence-corrected chi connectivity index (χ4v) is 2.61. The highest BCUT2D eigenvalue weighted by Gasteiger charge is 2.22. The van der Waals surface area contributed by atoms with Crippen LogP contribution in [0.15, 0.2) is 27.4 Å². The Hall–Kier alpha value is -3.29. The quantitative estimate of drug-likeness (QED) is 0.636. The number of fused-ring (bicyclic) bond motifs is 1. The van der Waals surface area contributed by atoms with E-state index in [1.807, 2.05) is 0 Å². The number of aryl methyl sites for hydroxylation is 1. The number of esters is 1. The molecule has 0 aliphatic rings. The Kier molecular flexibility index (Phi) is 3.72. The fraction of sp³-hybridized carbons (Fsp3) is 0.188. The summed E-state index contributed by atoms with van der Waals surface area (Å²) in [4.78, 5) is 40.8. The van der Waals surface area contributed by atoms with Gasteiger partial charge in [-0.05, 0) is 37.6 Å². The zero-order chi connectivity index (χ0) is 17.4. The highest BCUT2D eigenvalue weighted by Crippen LogP contribution is 2.21. The first kappa shape index (κ1) is 15.6. The van der Waals surface area contributed by atoms with Gasteiger partial charge in [0.2, 0.25) is 0 Å². The number of H-pyrrole nitrogens is 2. The third-order valence-electron chi connectivity index (χ3n) is 3.73. The predicted molar refractivity (Wildman–Crippen MR) is 86.4 cm³/mol. The molecule has 0 radical (unpaired) electrons. The highest BCUT2D eigenvalue weighted by atomic mass is 16.5. The SMILES string of the molecule is COC(=O)c1c(C)[nH]c(C(=O)Nc2ccc3oc(=O)[nH]c3c2)c1C. The molecule has 124 valence electrons. The number of oxazole rings is 1. The van der Waals surface area contributed by atoms with Crippen LogP contribution in [0.3, 0.4) is 0 Å². The molecule has 8 nitrogen and oxygen atoms in total. The van der Waals surface area contributed by atoms with Crippen molar-refractivity contribution in [2.45, 2.75) is 13.8 Å². The zero-order valence-corrected chi connectivity index (χ0v) is 13.3. The highest BCUT2D eigenvalue weighted by molar-refractivity contribution is 6.07. The maximum atomic E-state index is 12.5. The molecule has 0 unspecified atom stereocenters. The standard InChI is InChI=1S/C16H15N3O5/c1-7-12(15(21)23-3)8(2)17-13(7)14(20)18-9-4-5-11-10(6-9)19-16(22)24-11/h4-6,17H,1-3H3,(H,18,20)(H,19,22). The van der Waals surface area contributed by atoms with Gasteiger partial charge < -0.3 is 19.5 Å². The van der Waals surface area contributed by atoms with Gasteiger partial charge in [0.1, 0.15) is 5.69 Å². The Morgan fingerprint density at radius 1 is 1.21 bits per heavy atom. The number of methoxy groups -OCH3 is 1. The number of aromatic nitrogens is 2. The number of ether oxygens (including phenoxy) is 1. The van der Waals surface area contributed by atoms with E-state index in [9.17, 15) is 14.4 Å². The lowest BCUT2D eigenvalue weighted by atomic mass is 10.1. The molecule has 0 aliphatic heterocycles. The van der Waals surface area contributed by atoms with Crippen LogP contribution in [-0.4, -0.2) is 29.0 Å². The molecule has 8 heteroatoms. The number of aromatic amines is 2. The molecule has 0 saturated carbocycles. The van der Waals surface area contributed by atoms with Crippen molar-refractivity contribution in [1.29, 1.82) is 0 Å². The molecular formula is C16H15N3O5. The second kappa shape index (κ2) is 5.73. The van der Waals surface area contributed by atoms with Crippen LogP contribution >= 0.6 is 0 Å². The van der Waals surface area contributed by atoms with Crippen molar-refractivity contribution in [1.82, 2.24) is 9.97 Å². The third-order valence-corrected chi connectivity index (χ3v) is 3.73. The van der Waals surface area contributed by atoms with Crippen LogP contribution in [0.4, 0.5) is 5.69 Å². The molecule has 3 rings (SSSR count). The van der Waals surface area contributed by atoms with Gasteiger partial charge in [-0.3, -0.25) is 9.78 Å². The minimum atomic E-state index is -0.563. The summed E-state index contributed by atoms with van der Waals surface area (Å²) in [6.45, 7) is 3.36. The Morgan fingerprint density at radius 3 is 2.67 bits per heavy atom. The summed E-state index contributed by atoms with van der Waals surface area (Å²) in [6.07, 6.45) is 0. The summed E-state index contributed by atoms with van der Waals surface area (Å²) >= 11 is 0. The molecule has 2 aromatic heterocycles. The van der Waals surface area contributed by atoms with Crippen molar-refractivity contribution in [2.24, 2.45) is 0 Å². The van der Waals surface area contributed by atoms with E-state index in [1.54, 1.807) is 32.0 Å². The molecule has 2 heterocycles. The maximum Gasteiger partial charge on any atom is 0.417 e. The molecule has 24 heavy (non-hydrogen) atoms. The largest absolute Gasteiger partial charge is 0.465 e. The monoisotopic (exact) mass is 329 g/mol. The molecule has 0 saturated heterocycles. The molecule has 3 aromatic rings. The van der Waals surface area contributed by atoms with Crippen LogP contribution in [0.1, 0.15) is 32.1 Å². The maximum absolute atomic E-state index is 12.5. The molecule has 3 N–H and O–H groups in total. The Bertz CT molecular complexity index is 1010. The Morgan fingerprint density at radius 2 is 1.96 bits per heavy atom. The summed E-state index contributed by atoms with van der Waals surface area (Å²) in [7, 11) is 1.29.